The van der Waals surface area contributed by atoms with Crippen LogP contribution in [0, 0.1) is 17.0 Å². The number of nitro groups is 1. The zero-order chi connectivity index (χ0) is 20.0. The van der Waals surface area contributed by atoms with E-state index in [-0.39, 0.29) is 35.9 Å². The van der Waals surface area contributed by atoms with Gasteiger partial charge in [-0.3, -0.25) is 14.9 Å². The zero-order valence-corrected chi connectivity index (χ0v) is 15.7. The van der Waals surface area contributed by atoms with Crippen molar-refractivity contribution in [2.45, 2.75) is 6.92 Å². The lowest BCUT2D eigenvalue weighted by Gasteiger charge is -2.18. The average molecular weight is 374 g/mol. The SMILES string of the molecule is COc1cc(C(=O)N(C)CCOc2ccc(C)cc2)c([N+](=O)[O-])cc1OC. The van der Waals surface area contributed by atoms with Crippen molar-refractivity contribution in [3.63, 3.8) is 0 Å². The Morgan fingerprint density at radius 2 is 1.70 bits per heavy atom. The Balaban J connectivity index is 2.12. The van der Waals surface area contributed by atoms with E-state index in [0.29, 0.717) is 5.75 Å². The molecule has 0 aliphatic carbocycles. The maximum atomic E-state index is 12.7. The van der Waals surface area contributed by atoms with E-state index in [2.05, 4.69) is 0 Å². The highest BCUT2D eigenvalue weighted by atomic mass is 16.6. The molecule has 144 valence electrons. The third-order valence-electron chi connectivity index (χ3n) is 3.99. The second-order valence-electron chi connectivity index (χ2n) is 5.87. The Bertz CT molecular complexity index is 820. The molecule has 0 saturated heterocycles. The van der Waals surface area contributed by atoms with Crippen molar-refractivity contribution in [1.29, 1.82) is 0 Å². The van der Waals surface area contributed by atoms with Gasteiger partial charge in [-0.25, -0.2) is 0 Å². The van der Waals surface area contributed by atoms with Crippen molar-refractivity contribution in [2.24, 2.45) is 0 Å². The summed E-state index contributed by atoms with van der Waals surface area (Å²) < 4.78 is 15.8. The molecular weight excluding hydrogens is 352 g/mol. The van der Waals surface area contributed by atoms with Crippen LogP contribution in [-0.2, 0) is 0 Å². The number of hydrogen-bond acceptors (Lipinski definition) is 6. The summed E-state index contributed by atoms with van der Waals surface area (Å²) in [4.78, 5) is 24.8. The van der Waals surface area contributed by atoms with Crippen LogP contribution in [0.15, 0.2) is 36.4 Å². The molecule has 0 fully saturated rings. The largest absolute Gasteiger partial charge is 0.493 e. The second-order valence-corrected chi connectivity index (χ2v) is 5.87. The van der Waals surface area contributed by atoms with Crippen molar-refractivity contribution in [1.82, 2.24) is 4.90 Å². The van der Waals surface area contributed by atoms with Gasteiger partial charge in [0.05, 0.1) is 31.8 Å². The number of hydrogen-bond donors (Lipinski definition) is 0. The number of methoxy groups -OCH3 is 2. The molecule has 8 nitrogen and oxygen atoms in total. The Kier molecular flexibility index (Phi) is 6.59. The zero-order valence-electron chi connectivity index (χ0n) is 15.7. The van der Waals surface area contributed by atoms with Crippen LogP contribution in [0.25, 0.3) is 0 Å². The molecule has 1 amide bonds. The van der Waals surface area contributed by atoms with Crippen LogP contribution in [0.3, 0.4) is 0 Å². The number of ether oxygens (including phenoxy) is 3. The minimum Gasteiger partial charge on any atom is -0.493 e. The molecule has 0 aliphatic heterocycles. The first kappa shape index (κ1) is 20.0. The van der Waals surface area contributed by atoms with Crippen LogP contribution in [-0.4, -0.2) is 50.1 Å². The molecule has 27 heavy (non-hydrogen) atoms. The molecule has 0 atom stereocenters. The van der Waals surface area contributed by atoms with Crippen LogP contribution >= 0.6 is 0 Å². The Morgan fingerprint density at radius 3 is 2.26 bits per heavy atom. The number of benzene rings is 2. The number of rotatable bonds is 8. The van der Waals surface area contributed by atoms with Crippen molar-refractivity contribution < 1.29 is 23.9 Å². The van der Waals surface area contributed by atoms with Crippen LogP contribution < -0.4 is 14.2 Å². The van der Waals surface area contributed by atoms with Crippen LogP contribution in [0.4, 0.5) is 5.69 Å². The Hall–Kier alpha value is -3.29. The maximum absolute atomic E-state index is 12.7. The number of amides is 1. The van der Waals surface area contributed by atoms with E-state index in [1.54, 1.807) is 7.05 Å². The van der Waals surface area contributed by atoms with Gasteiger partial charge in [0.25, 0.3) is 11.6 Å². The van der Waals surface area contributed by atoms with Gasteiger partial charge in [-0.1, -0.05) is 17.7 Å². The molecule has 2 rings (SSSR count). The van der Waals surface area contributed by atoms with Crippen molar-refractivity contribution in [3.8, 4) is 17.2 Å². The van der Waals surface area contributed by atoms with Gasteiger partial charge in [-0.2, -0.15) is 0 Å². The van der Waals surface area contributed by atoms with Gasteiger partial charge in [0, 0.05) is 13.1 Å². The fourth-order valence-corrected chi connectivity index (χ4v) is 2.43. The van der Waals surface area contributed by atoms with E-state index >= 15 is 0 Å². The summed E-state index contributed by atoms with van der Waals surface area (Å²) in [6.07, 6.45) is 0. The molecule has 2 aromatic carbocycles. The molecule has 0 bridgehead atoms. The van der Waals surface area contributed by atoms with E-state index in [4.69, 9.17) is 14.2 Å². The van der Waals surface area contributed by atoms with Gasteiger partial charge in [0.1, 0.15) is 17.9 Å². The van der Waals surface area contributed by atoms with E-state index in [9.17, 15) is 14.9 Å². The van der Waals surface area contributed by atoms with Crippen LogP contribution in [0.1, 0.15) is 15.9 Å². The predicted molar refractivity (Wildman–Crippen MR) is 99.8 cm³/mol. The van der Waals surface area contributed by atoms with Crippen LogP contribution in [0.2, 0.25) is 0 Å². The fraction of sp³-hybridized carbons (Fsp3) is 0.316. The predicted octanol–water partition coefficient (Wildman–Crippen LogP) is 3.07. The van der Waals surface area contributed by atoms with Gasteiger partial charge in [-0.05, 0) is 19.1 Å². The minimum absolute atomic E-state index is 0.0736. The molecule has 2 aromatic rings. The van der Waals surface area contributed by atoms with Crippen LogP contribution in [0.5, 0.6) is 17.2 Å². The molecule has 0 aliphatic rings. The number of likely N-dealkylation sites (N-methyl/N-ethyl adjacent to an activating group) is 1. The highest BCUT2D eigenvalue weighted by Crippen LogP contribution is 2.34. The summed E-state index contributed by atoms with van der Waals surface area (Å²) in [5, 5.41) is 11.4. The number of carbonyl (C=O) groups is 1. The van der Waals surface area contributed by atoms with Gasteiger partial charge >= 0.3 is 0 Å². The van der Waals surface area contributed by atoms with Gasteiger partial charge in [0.15, 0.2) is 11.5 Å². The van der Waals surface area contributed by atoms with Crippen molar-refractivity contribution in [3.05, 3.63) is 57.6 Å². The third-order valence-corrected chi connectivity index (χ3v) is 3.99. The summed E-state index contributed by atoms with van der Waals surface area (Å²) in [6.45, 7) is 2.50. The number of aryl methyl sites for hydroxylation is 1. The van der Waals surface area contributed by atoms with E-state index < -0.39 is 10.8 Å². The summed E-state index contributed by atoms with van der Waals surface area (Å²) in [6, 6.07) is 10.0. The second kappa shape index (κ2) is 8.88. The summed E-state index contributed by atoms with van der Waals surface area (Å²) in [5.74, 6) is 0.621. The first-order valence-electron chi connectivity index (χ1n) is 8.22. The summed E-state index contributed by atoms with van der Waals surface area (Å²) in [5.41, 5.74) is 0.704. The fourth-order valence-electron chi connectivity index (χ4n) is 2.43. The smallest absolute Gasteiger partial charge is 0.286 e. The molecule has 0 aromatic heterocycles. The highest BCUT2D eigenvalue weighted by Gasteiger charge is 2.26. The molecule has 0 heterocycles. The Morgan fingerprint density at radius 1 is 1.11 bits per heavy atom. The monoisotopic (exact) mass is 374 g/mol. The molecule has 0 N–H and O–H groups in total. The molecule has 8 heteroatoms. The topological polar surface area (TPSA) is 91.1 Å². The van der Waals surface area contributed by atoms with Gasteiger partial charge in [0.2, 0.25) is 0 Å². The first-order chi connectivity index (χ1) is 12.9. The minimum atomic E-state index is -0.619. The highest BCUT2D eigenvalue weighted by molar-refractivity contribution is 5.99. The van der Waals surface area contributed by atoms with Gasteiger partial charge in [-0.15, -0.1) is 0 Å². The third kappa shape index (κ3) is 4.87. The lowest BCUT2D eigenvalue weighted by atomic mass is 10.1. The average Bonchev–Trinajstić information content (AvgIpc) is 2.67. The number of carbonyl (C=O) groups excluding carboxylic acids is 1. The summed E-state index contributed by atoms with van der Waals surface area (Å²) in [7, 11) is 4.33. The first-order valence-corrected chi connectivity index (χ1v) is 8.22. The quantitative estimate of drug-likeness (QED) is 0.521. The van der Waals surface area contributed by atoms with E-state index in [1.807, 2.05) is 31.2 Å². The standard InChI is InChI=1S/C19H22N2O6/c1-13-5-7-14(8-6-13)27-10-9-20(2)19(22)15-11-17(25-3)18(26-4)12-16(15)21(23)24/h5-8,11-12H,9-10H2,1-4H3. The molecular formula is C19H22N2O6. The van der Waals surface area contributed by atoms with Crippen molar-refractivity contribution >= 4 is 11.6 Å². The molecule has 0 spiro atoms. The molecule has 0 saturated carbocycles. The number of nitro benzene ring substituents is 1. The normalized spacial score (nSPS) is 10.2. The van der Waals surface area contributed by atoms with Gasteiger partial charge < -0.3 is 19.1 Å². The Labute approximate surface area is 157 Å². The number of nitrogens with zero attached hydrogens (tertiary/aromatic N) is 2. The van der Waals surface area contributed by atoms with E-state index in [1.165, 1.54) is 31.3 Å². The van der Waals surface area contributed by atoms with Crippen molar-refractivity contribution in [2.75, 3.05) is 34.4 Å². The molecule has 0 unspecified atom stereocenters. The summed E-state index contributed by atoms with van der Waals surface area (Å²) >= 11 is 0. The molecule has 0 radical (unpaired) electrons. The maximum Gasteiger partial charge on any atom is 0.286 e. The lowest BCUT2D eigenvalue weighted by molar-refractivity contribution is -0.385. The van der Waals surface area contributed by atoms with E-state index in [0.717, 1.165) is 5.56 Å². The lowest BCUT2D eigenvalue weighted by Crippen LogP contribution is -2.31.